The summed E-state index contributed by atoms with van der Waals surface area (Å²) in [6, 6.07) is 8.43. The molecule has 0 fully saturated rings. The van der Waals surface area contributed by atoms with Gasteiger partial charge in [0.1, 0.15) is 0 Å². The molecule has 0 saturated carbocycles. The fourth-order valence-corrected chi connectivity index (χ4v) is 1.90. The lowest BCUT2D eigenvalue weighted by molar-refractivity contribution is 0.00857. The molecule has 1 radical (unpaired) electrons. The van der Waals surface area contributed by atoms with E-state index in [1.807, 2.05) is 0 Å². The maximum Gasteiger partial charge on any atom is 0.264 e. The van der Waals surface area contributed by atoms with E-state index in [2.05, 4.69) is 6.07 Å². The first-order valence-corrected chi connectivity index (χ1v) is 5.20. The summed E-state index contributed by atoms with van der Waals surface area (Å²) in [5.41, 5.74) is 0. The molecule has 13 heavy (non-hydrogen) atoms. The van der Waals surface area contributed by atoms with Crippen LogP contribution in [0.4, 0.5) is 0 Å². The van der Waals surface area contributed by atoms with Crippen LogP contribution in [0, 0.1) is 6.07 Å². The predicted molar refractivity (Wildman–Crippen MR) is 46.6 cm³/mol. The van der Waals surface area contributed by atoms with E-state index in [9.17, 15) is 8.42 Å². The highest BCUT2D eigenvalue weighted by molar-refractivity contribution is 7.89. The Kier molecular flexibility index (Phi) is 3.02. The Morgan fingerprint density at radius 3 is 2.46 bits per heavy atom. The average molecular weight is 200 g/mol. The number of hydrogen-bond acceptors (Lipinski definition) is 3. The first-order valence-electron chi connectivity index (χ1n) is 3.76. The third-order valence-electron chi connectivity index (χ3n) is 1.53. The summed E-state index contributed by atoms with van der Waals surface area (Å²) in [5, 5.41) is 9.07. The van der Waals surface area contributed by atoms with Gasteiger partial charge < -0.3 is 0 Å². The van der Waals surface area contributed by atoms with Crippen molar-refractivity contribution in [2.24, 2.45) is 0 Å². The Labute approximate surface area is 77.4 Å². The van der Waals surface area contributed by atoms with Crippen LogP contribution in [0.1, 0.15) is 6.92 Å². The molecule has 0 amide bonds. The van der Waals surface area contributed by atoms with Gasteiger partial charge in [0.25, 0.3) is 10.0 Å². The summed E-state index contributed by atoms with van der Waals surface area (Å²) in [7, 11) is -3.72. The zero-order valence-corrected chi connectivity index (χ0v) is 7.95. The van der Waals surface area contributed by atoms with E-state index in [0.717, 1.165) is 0 Å². The molecular formula is C8H10NO3S. The number of rotatable bonds is 3. The molecule has 0 aromatic heterocycles. The number of benzene rings is 1. The third kappa shape index (κ3) is 2.06. The SMILES string of the molecule is CCN(O)S(=O)(=O)c1cc[c]cc1. The Bertz CT molecular complexity index is 360. The predicted octanol–water partition coefficient (Wildman–Crippen LogP) is 0.887. The Morgan fingerprint density at radius 2 is 2.00 bits per heavy atom. The molecule has 71 valence electrons. The average Bonchev–Trinajstić information content (AvgIpc) is 2.18. The molecule has 4 nitrogen and oxygen atoms in total. The highest BCUT2D eigenvalue weighted by atomic mass is 32.2. The zero-order valence-electron chi connectivity index (χ0n) is 7.14. The van der Waals surface area contributed by atoms with Gasteiger partial charge in [-0.1, -0.05) is 16.6 Å². The van der Waals surface area contributed by atoms with Crippen LogP contribution in [-0.4, -0.2) is 24.6 Å². The number of hydrogen-bond donors (Lipinski definition) is 1. The molecule has 0 aliphatic carbocycles. The van der Waals surface area contributed by atoms with Gasteiger partial charge >= 0.3 is 0 Å². The molecule has 0 heterocycles. The molecular weight excluding hydrogens is 190 g/mol. The summed E-state index contributed by atoms with van der Waals surface area (Å²) < 4.78 is 23.2. The summed E-state index contributed by atoms with van der Waals surface area (Å²) in [4.78, 5) is 0.0654. The topological polar surface area (TPSA) is 57.6 Å². The van der Waals surface area contributed by atoms with Gasteiger partial charge in [0.05, 0.1) is 4.90 Å². The van der Waals surface area contributed by atoms with Gasteiger partial charge in [0, 0.05) is 6.54 Å². The van der Waals surface area contributed by atoms with Gasteiger partial charge in [0.2, 0.25) is 0 Å². The van der Waals surface area contributed by atoms with Crippen LogP contribution in [0.25, 0.3) is 0 Å². The lowest BCUT2D eigenvalue weighted by Crippen LogP contribution is -2.27. The molecule has 0 unspecified atom stereocenters. The quantitative estimate of drug-likeness (QED) is 0.737. The summed E-state index contributed by atoms with van der Waals surface area (Å²) >= 11 is 0. The Morgan fingerprint density at radius 1 is 1.46 bits per heavy atom. The van der Waals surface area contributed by atoms with E-state index in [0.29, 0.717) is 4.47 Å². The van der Waals surface area contributed by atoms with E-state index < -0.39 is 10.0 Å². The van der Waals surface area contributed by atoms with Crippen molar-refractivity contribution in [1.29, 1.82) is 0 Å². The van der Waals surface area contributed by atoms with E-state index in [1.165, 1.54) is 24.3 Å². The molecule has 0 aliphatic heterocycles. The smallest absolute Gasteiger partial charge is 0.264 e. The minimum atomic E-state index is -3.72. The molecule has 1 aromatic rings. The van der Waals surface area contributed by atoms with E-state index in [1.54, 1.807) is 6.92 Å². The van der Waals surface area contributed by atoms with Gasteiger partial charge in [-0.2, -0.15) is 0 Å². The molecule has 0 saturated heterocycles. The molecule has 0 aliphatic rings. The summed E-state index contributed by atoms with van der Waals surface area (Å²) in [6.45, 7) is 1.58. The van der Waals surface area contributed by atoms with Crippen LogP contribution in [0.15, 0.2) is 29.2 Å². The molecule has 0 bridgehead atoms. The molecule has 0 atom stereocenters. The Hall–Kier alpha value is -0.910. The van der Waals surface area contributed by atoms with Crippen molar-refractivity contribution in [1.82, 2.24) is 4.47 Å². The molecule has 1 N–H and O–H groups in total. The van der Waals surface area contributed by atoms with Gasteiger partial charge in [0.15, 0.2) is 0 Å². The number of hydroxylamine groups is 1. The lowest BCUT2D eigenvalue weighted by Gasteiger charge is -2.11. The van der Waals surface area contributed by atoms with Crippen molar-refractivity contribution in [3.8, 4) is 0 Å². The van der Waals surface area contributed by atoms with Crippen LogP contribution in [0.2, 0.25) is 0 Å². The number of nitrogens with zero attached hydrogens (tertiary/aromatic N) is 1. The fraction of sp³-hybridized carbons (Fsp3) is 0.250. The van der Waals surface area contributed by atoms with Crippen LogP contribution in [-0.2, 0) is 10.0 Å². The molecule has 1 aromatic carbocycles. The highest BCUT2D eigenvalue weighted by Gasteiger charge is 2.20. The normalized spacial score (nSPS) is 11.9. The van der Waals surface area contributed by atoms with Crippen molar-refractivity contribution in [2.45, 2.75) is 11.8 Å². The lowest BCUT2D eigenvalue weighted by atomic mass is 10.4. The molecule has 0 spiro atoms. The van der Waals surface area contributed by atoms with Gasteiger partial charge in [-0.3, -0.25) is 5.21 Å². The van der Waals surface area contributed by atoms with Crippen LogP contribution in [0.3, 0.4) is 0 Å². The minimum Gasteiger partial charge on any atom is -0.299 e. The van der Waals surface area contributed by atoms with Crippen molar-refractivity contribution in [2.75, 3.05) is 6.54 Å². The highest BCUT2D eigenvalue weighted by Crippen LogP contribution is 2.11. The zero-order chi connectivity index (χ0) is 9.90. The van der Waals surface area contributed by atoms with Crippen LogP contribution < -0.4 is 0 Å². The van der Waals surface area contributed by atoms with Crippen molar-refractivity contribution in [3.05, 3.63) is 30.3 Å². The minimum absolute atomic E-state index is 0.0287. The van der Waals surface area contributed by atoms with E-state index in [4.69, 9.17) is 5.21 Å². The second-order valence-corrected chi connectivity index (χ2v) is 4.22. The fourth-order valence-electron chi connectivity index (χ4n) is 0.835. The van der Waals surface area contributed by atoms with Crippen LogP contribution >= 0.6 is 0 Å². The first kappa shape index (κ1) is 10.2. The summed E-state index contributed by atoms with van der Waals surface area (Å²) in [5.74, 6) is 0. The number of sulfonamides is 1. The second kappa shape index (κ2) is 3.87. The standard InChI is InChI=1S/C8H10NO3S/c1-2-9(10)13(11,12)8-6-4-3-5-7-8/h4-7,10H,2H2,1H3. The van der Waals surface area contributed by atoms with Crippen LogP contribution in [0.5, 0.6) is 0 Å². The van der Waals surface area contributed by atoms with Crippen molar-refractivity contribution < 1.29 is 13.6 Å². The Balaban J connectivity index is 3.09. The summed E-state index contributed by atoms with van der Waals surface area (Å²) in [6.07, 6.45) is 0. The molecule has 1 rings (SSSR count). The maximum absolute atomic E-state index is 11.4. The van der Waals surface area contributed by atoms with Crippen molar-refractivity contribution >= 4 is 10.0 Å². The van der Waals surface area contributed by atoms with Crippen molar-refractivity contribution in [3.63, 3.8) is 0 Å². The third-order valence-corrected chi connectivity index (χ3v) is 3.21. The molecule has 5 heteroatoms. The second-order valence-electron chi connectivity index (χ2n) is 2.38. The maximum atomic E-state index is 11.4. The van der Waals surface area contributed by atoms with Gasteiger partial charge in [-0.15, -0.1) is 0 Å². The monoisotopic (exact) mass is 200 g/mol. The first-order chi connectivity index (χ1) is 6.09. The largest absolute Gasteiger partial charge is 0.299 e. The van der Waals surface area contributed by atoms with E-state index >= 15 is 0 Å². The van der Waals surface area contributed by atoms with Gasteiger partial charge in [-0.25, -0.2) is 8.42 Å². The van der Waals surface area contributed by atoms with E-state index in [-0.39, 0.29) is 11.4 Å². The van der Waals surface area contributed by atoms with Gasteiger partial charge in [-0.05, 0) is 25.1 Å².